The Labute approximate surface area is 139 Å². The number of hydrogen-bond donors (Lipinski definition) is 2. The van der Waals surface area contributed by atoms with Crippen LogP contribution in [0, 0.1) is 0 Å². The van der Waals surface area contributed by atoms with Crippen molar-refractivity contribution in [3.63, 3.8) is 0 Å². The van der Waals surface area contributed by atoms with Gasteiger partial charge >= 0.3 is 0 Å². The Hall–Kier alpha value is -2.48. The second kappa shape index (κ2) is 6.96. The van der Waals surface area contributed by atoms with E-state index in [4.69, 9.17) is 4.52 Å². The number of piperidine rings is 1. The minimum Gasteiger partial charge on any atom is -0.386 e. The first-order valence-electron chi connectivity index (χ1n) is 8.08. The maximum Gasteiger partial charge on any atom is 0.273 e. The fraction of sp³-hybridized carbons (Fsp3) is 0.500. The molecule has 2 N–H and O–H groups in total. The van der Waals surface area contributed by atoms with E-state index in [0.717, 1.165) is 13.0 Å². The Balaban J connectivity index is 1.60. The lowest BCUT2D eigenvalue weighted by atomic mass is 9.93. The van der Waals surface area contributed by atoms with E-state index >= 15 is 0 Å². The first-order valence-corrected chi connectivity index (χ1v) is 8.08. The monoisotopic (exact) mass is 331 g/mol. The zero-order valence-corrected chi connectivity index (χ0v) is 13.6. The fourth-order valence-electron chi connectivity index (χ4n) is 2.80. The summed E-state index contributed by atoms with van der Waals surface area (Å²) in [5, 5.41) is 17.3. The Morgan fingerprint density at radius 3 is 2.96 bits per heavy atom. The fourth-order valence-corrected chi connectivity index (χ4v) is 2.80. The lowest BCUT2D eigenvalue weighted by molar-refractivity contribution is 0.0251. The van der Waals surface area contributed by atoms with Crippen LogP contribution in [0.1, 0.15) is 36.0 Å². The summed E-state index contributed by atoms with van der Waals surface area (Å²) >= 11 is 0. The van der Waals surface area contributed by atoms with Crippen LogP contribution >= 0.6 is 0 Å². The van der Waals surface area contributed by atoms with Crippen LogP contribution in [-0.2, 0) is 6.42 Å². The molecule has 2 aromatic heterocycles. The highest BCUT2D eigenvalue weighted by molar-refractivity contribution is 5.92. The molecule has 3 rings (SSSR count). The molecule has 0 unspecified atom stereocenters. The van der Waals surface area contributed by atoms with Gasteiger partial charge in [0, 0.05) is 38.0 Å². The van der Waals surface area contributed by atoms with Crippen molar-refractivity contribution in [2.24, 2.45) is 0 Å². The van der Waals surface area contributed by atoms with Gasteiger partial charge in [-0.1, -0.05) is 12.1 Å². The van der Waals surface area contributed by atoms with Gasteiger partial charge in [0.25, 0.3) is 5.91 Å². The van der Waals surface area contributed by atoms with Crippen molar-refractivity contribution >= 4 is 11.9 Å². The number of amides is 1. The number of anilines is 1. The van der Waals surface area contributed by atoms with E-state index in [0.29, 0.717) is 31.1 Å². The third-order valence-corrected chi connectivity index (χ3v) is 4.11. The molecule has 1 atom stereocenters. The maximum absolute atomic E-state index is 12.1. The Kier molecular flexibility index (Phi) is 4.75. The highest BCUT2D eigenvalue weighted by Gasteiger charge is 2.34. The molecule has 3 heterocycles. The maximum atomic E-state index is 12.1. The molecule has 24 heavy (non-hydrogen) atoms. The van der Waals surface area contributed by atoms with E-state index in [1.807, 2.05) is 11.8 Å². The molecule has 8 nitrogen and oxygen atoms in total. The number of aliphatic hydroxyl groups is 1. The molecule has 0 spiro atoms. The summed E-state index contributed by atoms with van der Waals surface area (Å²) in [5.74, 6) is 0.898. The molecule has 0 radical (unpaired) electrons. The van der Waals surface area contributed by atoms with E-state index in [1.165, 1.54) is 0 Å². The average Bonchev–Trinajstić information content (AvgIpc) is 3.10. The quantitative estimate of drug-likeness (QED) is 0.834. The third-order valence-electron chi connectivity index (χ3n) is 4.11. The summed E-state index contributed by atoms with van der Waals surface area (Å²) < 4.78 is 5.03. The van der Waals surface area contributed by atoms with Crippen molar-refractivity contribution in [2.45, 2.75) is 31.8 Å². The van der Waals surface area contributed by atoms with Gasteiger partial charge in [-0.2, -0.15) is 0 Å². The first-order chi connectivity index (χ1) is 11.6. The number of nitrogens with one attached hydrogen (secondary N) is 1. The highest BCUT2D eigenvalue weighted by atomic mass is 16.5. The number of aromatic nitrogens is 3. The Bertz CT molecular complexity index is 690. The summed E-state index contributed by atoms with van der Waals surface area (Å²) in [6.45, 7) is 3.22. The molecule has 1 fully saturated rings. The van der Waals surface area contributed by atoms with Gasteiger partial charge in [0.05, 0.1) is 12.1 Å². The van der Waals surface area contributed by atoms with E-state index in [1.54, 1.807) is 24.5 Å². The molecule has 0 aromatic carbocycles. The van der Waals surface area contributed by atoms with Crippen molar-refractivity contribution in [3.8, 4) is 0 Å². The van der Waals surface area contributed by atoms with E-state index in [-0.39, 0.29) is 18.1 Å². The first kappa shape index (κ1) is 16.4. The number of carbonyl (C=O) groups is 1. The molecule has 2 aromatic rings. The number of nitrogens with zero attached hydrogens (tertiary/aromatic N) is 4. The molecule has 1 amide bonds. The lowest BCUT2D eigenvalue weighted by Gasteiger charge is -2.39. The molecule has 0 bridgehead atoms. The number of β-amino-alcohol motifs (C(OH)–C–C–N with tert-alkyl or cyclic N) is 1. The predicted octanol–water partition coefficient (Wildman–Crippen LogP) is 0.788. The molecule has 1 aliphatic rings. The third kappa shape index (κ3) is 3.70. The zero-order valence-electron chi connectivity index (χ0n) is 13.6. The van der Waals surface area contributed by atoms with Crippen LogP contribution < -0.4 is 10.2 Å². The smallest absolute Gasteiger partial charge is 0.273 e. The second-order valence-corrected chi connectivity index (χ2v) is 6.01. The summed E-state index contributed by atoms with van der Waals surface area (Å²) in [6.07, 6.45) is 5.43. The van der Waals surface area contributed by atoms with Gasteiger partial charge in [-0.3, -0.25) is 4.79 Å². The largest absolute Gasteiger partial charge is 0.386 e. The second-order valence-electron chi connectivity index (χ2n) is 6.01. The van der Waals surface area contributed by atoms with Crippen molar-refractivity contribution in [2.75, 3.05) is 24.5 Å². The molecule has 1 aliphatic heterocycles. The topological polar surface area (TPSA) is 104 Å². The molecule has 128 valence electrons. The van der Waals surface area contributed by atoms with Gasteiger partial charge in [-0.05, 0) is 18.9 Å². The zero-order chi connectivity index (χ0) is 17.0. The molecular weight excluding hydrogens is 310 g/mol. The van der Waals surface area contributed by atoms with Crippen LogP contribution in [0.4, 0.5) is 5.95 Å². The highest BCUT2D eigenvalue weighted by Crippen LogP contribution is 2.23. The summed E-state index contributed by atoms with van der Waals surface area (Å²) in [7, 11) is 0. The lowest BCUT2D eigenvalue weighted by Crippen LogP contribution is -2.54. The van der Waals surface area contributed by atoms with Gasteiger partial charge in [-0.15, -0.1) is 0 Å². The molecule has 1 saturated heterocycles. The summed E-state index contributed by atoms with van der Waals surface area (Å²) in [4.78, 5) is 22.5. The molecule has 0 saturated carbocycles. The van der Waals surface area contributed by atoms with E-state index < -0.39 is 5.60 Å². The van der Waals surface area contributed by atoms with Crippen molar-refractivity contribution in [1.82, 2.24) is 20.4 Å². The number of aryl methyl sites for hydroxylation is 1. The van der Waals surface area contributed by atoms with Crippen molar-refractivity contribution in [1.29, 1.82) is 0 Å². The number of rotatable bonds is 5. The Morgan fingerprint density at radius 1 is 1.46 bits per heavy atom. The van der Waals surface area contributed by atoms with E-state index in [2.05, 4.69) is 20.4 Å². The minimum absolute atomic E-state index is 0.142. The van der Waals surface area contributed by atoms with Crippen LogP contribution in [0.25, 0.3) is 0 Å². The van der Waals surface area contributed by atoms with Gasteiger partial charge in [0.15, 0.2) is 5.69 Å². The van der Waals surface area contributed by atoms with E-state index in [9.17, 15) is 9.90 Å². The number of carbonyl (C=O) groups excluding carboxylic acids is 1. The van der Waals surface area contributed by atoms with Crippen LogP contribution in [0.15, 0.2) is 29.0 Å². The summed E-state index contributed by atoms with van der Waals surface area (Å²) in [6, 6.07) is 3.37. The van der Waals surface area contributed by atoms with Crippen LogP contribution in [-0.4, -0.2) is 51.4 Å². The molecule has 8 heteroatoms. The minimum atomic E-state index is -1.02. The standard InChI is InChI=1S/C16H21N5O3/c1-2-12-9-13(20-24-12)14(22)19-10-16(23)5-3-8-21(11-16)15-17-6-4-7-18-15/h4,6-7,9,23H,2-3,5,8,10-11H2,1H3,(H,19,22)/t16-/m1/s1. The number of hydrogen-bond acceptors (Lipinski definition) is 7. The normalized spacial score (nSPS) is 20.8. The van der Waals surface area contributed by atoms with Crippen LogP contribution in [0.3, 0.4) is 0 Å². The van der Waals surface area contributed by atoms with Crippen molar-refractivity contribution < 1.29 is 14.4 Å². The van der Waals surface area contributed by atoms with Gasteiger partial charge in [0.1, 0.15) is 5.76 Å². The van der Waals surface area contributed by atoms with Gasteiger partial charge in [0.2, 0.25) is 5.95 Å². The van der Waals surface area contributed by atoms with Crippen molar-refractivity contribution in [3.05, 3.63) is 36.0 Å². The predicted molar refractivity (Wildman–Crippen MR) is 86.6 cm³/mol. The Morgan fingerprint density at radius 2 is 2.25 bits per heavy atom. The van der Waals surface area contributed by atoms with Crippen LogP contribution in [0.2, 0.25) is 0 Å². The average molecular weight is 331 g/mol. The summed E-state index contributed by atoms with van der Waals surface area (Å²) in [5.41, 5.74) is -0.792. The SMILES string of the molecule is CCc1cc(C(=O)NC[C@]2(O)CCCN(c3ncccn3)C2)no1. The van der Waals surface area contributed by atoms with Crippen LogP contribution in [0.5, 0.6) is 0 Å². The van der Waals surface area contributed by atoms with Gasteiger partial charge in [-0.25, -0.2) is 9.97 Å². The van der Waals surface area contributed by atoms with Gasteiger partial charge < -0.3 is 19.8 Å². The molecule has 0 aliphatic carbocycles. The molecular formula is C16H21N5O3.